The van der Waals surface area contributed by atoms with E-state index in [4.69, 9.17) is 0 Å². The third-order valence-corrected chi connectivity index (χ3v) is 3.38. The number of hydrogen-bond donors (Lipinski definition) is 1. The van der Waals surface area contributed by atoms with Gasteiger partial charge in [0.1, 0.15) is 11.6 Å². The first kappa shape index (κ1) is 12.9. The van der Waals surface area contributed by atoms with Crippen molar-refractivity contribution in [3.05, 3.63) is 47.9 Å². The first-order valence-electron chi connectivity index (χ1n) is 6.04. The van der Waals surface area contributed by atoms with E-state index in [1.54, 1.807) is 11.8 Å². The normalized spacial score (nSPS) is 10.3. The maximum absolute atomic E-state index is 4.50. The van der Waals surface area contributed by atoms with Gasteiger partial charge >= 0.3 is 0 Å². The fourth-order valence-electron chi connectivity index (χ4n) is 1.63. The van der Waals surface area contributed by atoms with Crippen LogP contribution in [0.5, 0.6) is 0 Å². The molecular weight excluding hydrogens is 242 g/mol. The maximum Gasteiger partial charge on any atom is 0.141 e. The first-order valence-corrected chi connectivity index (χ1v) is 7.03. The predicted molar refractivity (Wildman–Crippen MR) is 76.9 cm³/mol. The zero-order valence-corrected chi connectivity index (χ0v) is 11.5. The highest BCUT2D eigenvalue weighted by Crippen LogP contribution is 2.21. The first-order chi connectivity index (χ1) is 8.78. The quantitative estimate of drug-likeness (QED) is 0.834. The van der Waals surface area contributed by atoms with Crippen LogP contribution in [0.2, 0.25) is 0 Å². The molecule has 0 radical (unpaired) electrons. The van der Waals surface area contributed by atoms with E-state index >= 15 is 0 Å². The Morgan fingerprint density at radius 2 is 1.94 bits per heavy atom. The van der Waals surface area contributed by atoms with Crippen molar-refractivity contribution in [1.82, 2.24) is 9.97 Å². The summed E-state index contributed by atoms with van der Waals surface area (Å²) in [6.45, 7) is 4.94. The fourth-order valence-corrected chi connectivity index (χ4v) is 2.41. The standard InChI is InChI=1S/C14H17N3S/c1-3-15-13-9-11(2)16-14(17-13)10-18-12-7-5-4-6-8-12/h4-9H,3,10H2,1-2H3,(H,15,16,17). The van der Waals surface area contributed by atoms with Crippen molar-refractivity contribution in [2.24, 2.45) is 0 Å². The number of aryl methyl sites for hydroxylation is 1. The number of nitrogens with one attached hydrogen (secondary N) is 1. The smallest absolute Gasteiger partial charge is 0.141 e. The highest BCUT2D eigenvalue weighted by Gasteiger charge is 2.02. The van der Waals surface area contributed by atoms with E-state index in [0.717, 1.165) is 29.6 Å². The summed E-state index contributed by atoms with van der Waals surface area (Å²) in [5.41, 5.74) is 1.00. The van der Waals surface area contributed by atoms with Gasteiger partial charge in [-0.2, -0.15) is 0 Å². The highest BCUT2D eigenvalue weighted by atomic mass is 32.2. The molecule has 0 fully saturated rings. The molecule has 0 saturated heterocycles. The van der Waals surface area contributed by atoms with Gasteiger partial charge in [-0.15, -0.1) is 11.8 Å². The maximum atomic E-state index is 4.50. The van der Waals surface area contributed by atoms with Gasteiger partial charge in [0.15, 0.2) is 0 Å². The average molecular weight is 259 g/mol. The molecule has 94 valence electrons. The summed E-state index contributed by atoms with van der Waals surface area (Å²) in [7, 11) is 0. The molecule has 1 aromatic heterocycles. The molecule has 4 heteroatoms. The van der Waals surface area contributed by atoms with Crippen LogP contribution in [0.1, 0.15) is 18.4 Å². The van der Waals surface area contributed by atoms with E-state index in [1.807, 2.05) is 31.2 Å². The number of aromatic nitrogens is 2. The molecule has 0 spiro atoms. The average Bonchev–Trinajstić information content (AvgIpc) is 2.37. The van der Waals surface area contributed by atoms with Crippen LogP contribution >= 0.6 is 11.8 Å². The van der Waals surface area contributed by atoms with Gasteiger partial charge in [-0.1, -0.05) is 18.2 Å². The van der Waals surface area contributed by atoms with E-state index in [0.29, 0.717) is 0 Å². The Hall–Kier alpha value is -1.55. The lowest BCUT2D eigenvalue weighted by atomic mass is 10.4. The van der Waals surface area contributed by atoms with Gasteiger partial charge in [-0.3, -0.25) is 0 Å². The van der Waals surface area contributed by atoms with E-state index in [1.165, 1.54) is 4.90 Å². The lowest BCUT2D eigenvalue weighted by Crippen LogP contribution is -2.04. The Bertz CT molecular complexity index is 500. The summed E-state index contributed by atoms with van der Waals surface area (Å²) < 4.78 is 0. The second kappa shape index (κ2) is 6.40. The van der Waals surface area contributed by atoms with Crippen LogP contribution < -0.4 is 5.32 Å². The zero-order chi connectivity index (χ0) is 12.8. The molecule has 0 saturated carbocycles. The molecule has 1 N–H and O–H groups in total. The highest BCUT2D eigenvalue weighted by molar-refractivity contribution is 7.98. The summed E-state index contributed by atoms with van der Waals surface area (Å²) in [4.78, 5) is 10.2. The summed E-state index contributed by atoms with van der Waals surface area (Å²) in [5.74, 6) is 2.58. The SMILES string of the molecule is CCNc1cc(C)nc(CSc2ccccc2)n1. The van der Waals surface area contributed by atoms with Crippen molar-refractivity contribution in [3.63, 3.8) is 0 Å². The molecule has 0 aliphatic rings. The molecule has 1 heterocycles. The number of rotatable bonds is 5. The minimum absolute atomic E-state index is 0.796. The van der Waals surface area contributed by atoms with Crippen molar-refractivity contribution in [2.75, 3.05) is 11.9 Å². The lowest BCUT2D eigenvalue weighted by molar-refractivity contribution is 0.986. The van der Waals surface area contributed by atoms with Crippen molar-refractivity contribution in [3.8, 4) is 0 Å². The van der Waals surface area contributed by atoms with Gasteiger partial charge in [0.25, 0.3) is 0 Å². The molecule has 2 rings (SSSR count). The molecule has 1 aromatic carbocycles. The van der Waals surface area contributed by atoms with Crippen LogP contribution in [0.25, 0.3) is 0 Å². The van der Waals surface area contributed by atoms with Crippen LogP contribution in [0.3, 0.4) is 0 Å². The number of anilines is 1. The molecule has 0 aliphatic carbocycles. The van der Waals surface area contributed by atoms with Crippen molar-refractivity contribution >= 4 is 17.6 Å². The second-order valence-electron chi connectivity index (χ2n) is 3.94. The van der Waals surface area contributed by atoms with Gasteiger partial charge in [0.05, 0.1) is 5.75 Å². The van der Waals surface area contributed by atoms with Crippen LogP contribution in [0.4, 0.5) is 5.82 Å². The summed E-state index contributed by atoms with van der Waals surface area (Å²) in [5, 5.41) is 3.23. The molecule has 0 amide bonds. The fraction of sp³-hybridized carbons (Fsp3) is 0.286. The second-order valence-corrected chi connectivity index (χ2v) is 4.99. The lowest BCUT2D eigenvalue weighted by Gasteiger charge is -2.06. The van der Waals surface area contributed by atoms with Crippen LogP contribution in [0.15, 0.2) is 41.3 Å². The van der Waals surface area contributed by atoms with Gasteiger partial charge in [0, 0.05) is 23.2 Å². The minimum Gasteiger partial charge on any atom is -0.370 e. The Morgan fingerprint density at radius 3 is 2.67 bits per heavy atom. The number of hydrogen-bond acceptors (Lipinski definition) is 4. The van der Waals surface area contributed by atoms with Crippen LogP contribution in [-0.4, -0.2) is 16.5 Å². The monoisotopic (exact) mass is 259 g/mol. The number of nitrogens with zero attached hydrogens (tertiary/aromatic N) is 2. The summed E-state index contributed by atoms with van der Waals surface area (Å²) in [6, 6.07) is 12.3. The molecule has 0 atom stereocenters. The molecular formula is C14H17N3S. The summed E-state index contributed by atoms with van der Waals surface area (Å²) >= 11 is 1.76. The Labute approximate surface area is 112 Å². The topological polar surface area (TPSA) is 37.8 Å². The Morgan fingerprint density at radius 1 is 1.17 bits per heavy atom. The zero-order valence-electron chi connectivity index (χ0n) is 10.7. The van der Waals surface area contributed by atoms with E-state index in [-0.39, 0.29) is 0 Å². The number of benzene rings is 1. The third kappa shape index (κ3) is 3.74. The largest absolute Gasteiger partial charge is 0.370 e. The van der Waals surface area contributed by atoms with Gasteiger partial charge < -0.3 is 5.32 Å². The van der Waals surface area contributed by atoms with Gasteiger partial charge in [-0.05, 0) is 26.0 Å². The van der Waals surface area contributed by atoms with Gasteiger partial charge in [0.2, 0.25) is 0 Å². The predicted octanol–water partition coefficient (Wildman–Crippen LogP) is 3.51. The molecule has 0 unspecified atom stereocenters. The van der Waals surface area contributed by atoms with E-state index in [9.17, 15) is 0 Å². The van der Waals surface area contributed by atoms with Crippen molar-refractivity contribution < 1.29 is 0 Å². The molecule has 18 heavy (non-hydrogen) atoms. The van der Waals surface area contributed by atoms with E-state index < -0.39 is 0 Å². The minimum atomic E-state index is 0.796. The van der Waals surface area contributed by atoms with Crippen LogP contribution in [0, 0.1) is 6.92 Å². The van der Waals surface area contributed by atoms with Crippen LogP contribution in [-0.2, 0) is 5.75 Å². The van der Waals surface area contributed by atoms with Gasteiger partial charge in [-0.25, -0.2) is 9.97 Å². The number of thioether (sulfide) groups is 1. The molecule has 2 aromatic rings. The molecule has 3 nitrogen and oxygen atoms in total. The van der Waals surface area contributed by atoms with Crippen molar-refractivity contribution in [1.29, 1.82) is 0 Å². The van der Waals surface area contributed by atoms with E-state index in [2.05, 4.69) is 34.3 Å². The summed E-state index contributed by atoms with van der Waals surface area (Å²) in [6.07, 6.45) is 0. The third-order valence-electron chi connectivity index (χ3n) is 2.37. The molecule has 0 bridgehead atoms. The van der Waals surface area contributed by atoms with Crippen molar-refractivity contribution in [2.45, 2.75) is 24.5 Å². The Kier molecular flexibility index (Phi) is 4.59. The Balaban J connectivity index is 2.05. The molecule has 0 aliphatic heterocycles.